The highest BCUT2D eigenvalue weighted by atomic mass is 16.1. The van der Waals surface area contributed by atoms with Gasteiger partial charge in [-0.25, -0.2) is 0 Å². The van der Waals surface area contributed by atoms with Crippen molar-refractivity contribution in [2.24, 2.45) is 0 Å². The zero-order valence-corrected chi connectivity index (χ0v) is 12.8. The third-order valence-electron chi connectivity index (χ3n) is 3.95. The molecule has 0 fully saturated rings. The first kappa shape index (κ1) is 14.5. The Labute approximate surface area is 130 Å². The van der Waals surface area contributed by atoms with E-state index in [-0.39, 0.29) is 5.78 Å². The number of H-pyrrole nitrogens is 1. The number of Topliss-reactive ketones (excluding diaryl/α,β-unsaturated/α-hetero) is 1. The van der Waals surface area contributed by atoms with Crippen LogP contribution in [0.4, 0.5) is 0 Å². The topological polar surface area (TPSA) is 36.1 Å². The molecule has 0 spiro atoms. The number of para-hydroxylation sites is 1. The van der Waals surface area contributed by atoms with Gasteiger partial charge in [0, 0.05) is 29.2 Å². The summed E-state index contributed by atoms with van der Waals surface area (Å²) in [6.45, 7) is 4.17. The second-order valence-corrected chi connectivity index (χ2v) is 5.46. The Hall–Kier alpha value is -2.39. The second-order valence-electron chi connectivity index (χ2n) is 5.46. The average Bonchev–Trinajstić information content (AvgIpc) is 2.99. The number of carbonyl (C=O) groups excluding carboxylic acids is 1. The number of carbonyl (C=O) groups is 1. The highest BCUT2D eigenvalue weighted by molar-refractivity contribution is 6.08. The number of nitrogens with one attached hydrogen (secondary N) is 1. The van der Waals surface area contributed by atoms with Gasteiger partial charge in [-0.1, -0.05) is 55.5 Å². The Bertz CT molecular complexity index is 761. The molecule has 1 N–H and O–H groups in total. The summed E-state index contributed by atoms with van der Waals surface area (Å²) < 4.78 is 0. The number of rotatable bonds is 6. The largest absolute Gasteiger partial charge is 0.360 e. The van der Waals surface area contributed by atoms with Crippen molar-refractivity contribution in [3.05, 3.63) is 71.9 Å². The van der Waals surface area contributed by atoms with Crippen molar-refractivity contribution in [2.45, 2.75) is 13.5 Å². The predicted molar refractivity (Wildman–Crippen MR) is 90.0 cm³/mol. The summed E-state index contributed by atoms with van der Waals surface area (Å²) in [5, 5.41) is 1.00. The molecule has 1 heterocycles. The Kier molecular flexibility index (Phi) is 4.35. The number of fused-ring (bicyclic) bond motifs is 1. The van der Waals surface area contributed by atoms with E-state index in [1.807, 2.05) is 48.7 Å². The van der Waals surface area contributed by atoms with Crippen molar-refractivity contribution in [1.29, 1.82) is 0 Å². The van der Waals surface area contributed by atoms with Gasteiger partial charge < -0.3 is 4.98 Å². The Morgan fingerprint density at radius 3 is 2.55 bits per heavy atom. The Morgan fingerprint density at radius 1 is 1.05 bits per heavy atom. The van der Waals surface area contributed by atoms with E-state index in [4.69, 9.17) is 0 Å². The van der Waals surface area contributed by atoms with E-state index in [1.54, 1.807) is 0 Å². The zero-order chi connectivity index (χ0) is 15.4. The van der Waals surface area contributed by atoms with Crippen molar-refractivity contribution in [1.82, 2.24) is 9.88 Å². The lowest BCUT2D eigenvalue weighted by Crippen LogP contribution is -2.29. The van der Waals surface area contributed by atoms with Crippen LogP contribution in [0.15, 0.2) is 60.8 Å². The van der Waals surface area contributed by atoms with Gasteiger partial charge in [0.05, 0.1) is 6.54 Å². The molecule has 0 saturated carbocycles. The van der Waals surface area contributed by atoms with Crippen molar-refractivity contribution in [2.75, 3.05) is 13.1 Å². The molecule has 3 rings (SSSR count). The molecular formula is C19H20N2O. The molecule has 1 aromatic heterocycles. The quantitative estimate of drug-likeness (QED) is 0.700. The fraction of sp³-hybridized carbons (Fsp3) is 0.211. The normalized spacial score (nSPS) is 11.2. The van der Waals surface area contributed by atoms with Crippen molar-refractivity contribution in [3.63, 3.8) is 0 Å². The van der Waals surface area contributed by atoms with Gasteiger partial charge in [0.1, 0.15) is 0 Å². The number of ketones is 1. The fourth-order valence-electron chi connectivity index (χ4n) is 2.71. The van der Waals surface area contributed by atoms with Crippen molar-refractivity contribution < 1.29 is 4.79 Å². The third-order valence-corrected chi connectivity index (χ3v) is 3.95. The van der Waals surface area contributed by atoms with Crippen LogP contribution in [-0.2, 0) is 6.54 Å². The highest BCUT2D eigenvalue weighted by Crippen LogP contribution is 2.18. The van der Waals surface area contributed by atoms with Gasteiger partial charge >= 0.3 is 0 Å². The minimum absolute atomic E-state index is 0.162. The third kappa shape index (κ3) is 3.10. The van der Waals surface area contributed by atoms with E-state index in [0.29, 0.717) is 6.54 Å². The number of aromatic nitrogens is 1. The van der Waals surface area contributed by atoms with E-state index in [2.05, 4.69) is 28.9 Å². The molecule has 0 unspecified atom stereocenters. The van der Waals surface area contributed by atoms with Gasteiger partial charge in [-0.3, -0.25) is 9.69 Å². The molecule has 22 heavy (non-hydrogen) atoms. The summed E-state index contributed by atoms with van der Waals surface area (Å²) in [5.41, 5.74) is 3.02. The van der Waals surface area contributed by atoms with Crippen LogP contribution in [0.3, 0.4) is 0 Å². The minimum atomic E-state index is 0.162. The first-order valence-corrected chi connectivity index (χ1v) is 7.63. The van der Waals surface area contributed by atoms with Crippen LogP contribution in [0.1, 0.15) is 22.8 Å². The Balaban J connectivity index is 1.74. The van der Waals surface area contributed by atoms with Gasteiger partial charge in [0.25, 0.3) is 0 Å². The molecule has 0 atom stereocenters. The van der Waals surface area contributed by atoms with Crippen LogP contribution in [-0.4, -0.2) is 28.8 Å². The summed E-state index contributed by atoms with van der Waals surface area (Å²) in [4.78, 5) is 18.0. The lowest BCUT2D eigenvalue weighted by Gasteiger charge is -2.19. The Morgan fingerprint density at radius 2 is 1.77 bits per heavy atom. The molecule has 0 aliphatic rings. The maximum Gasteiger partial charge on any atom is 0.178 e. The fourth-order valence-corrected chi connectivity index (χ4v) is 2.71. The van der Waals surface area contributed by atoms with Crippen molar-refractivity contribution >= 4 is 16.7 Å². The first-order chi connectivity index (χ1) is 10.8. The lowest BCUT2D eigenvalue weighted by atomic mass is 10.1. The van der Waals surface area contributed by atoms with Crippen LogP contribution < -0.4 is 0 Å². The molecule has 3 nitrogen and oxygen atoms in total. The summed E-state index contributed by atoms with van der Waals surface area (Å²) in [7, 11) is 0. The van der Waals surface area contributed by atoms with E-state index >= 15 is 0 Å². The molecule has 0 radical (unpaired) electrons. The lowest BCUT2D eigenvalue weighted by molar-refractivity contribution is 0.0931. The zero-order valence-electron chi connectivity index (χ0n) is 12.8. The molecule has 0 bridgehead atoms. The van der Waals surface area contributed by atoms with Crippen molar-refractivity contribution in [3.8, 4) is 0 Å². The smallest absolute Gasteiger partial charge is 0.178 e. The van der Waals surface area contributed by atoms with E-state index < -0.39 is 0 Å². The molecule has 112 valence electrons. The molecular weight excluding hydrogens is 272 g/mol. The van der Waals surface area contributed by atoms with Crippen LogP contribution >= 0.6 is 0 Å². The summed E-state index contributed by atoms with van der Waals surface area (Å²) >= 11 is 0. The molecule has 0 saturated heterocycles. The maximum absolute atomic E-state index is 12.6. The summed E-state index contributed by atoms with van der Waals surface area (Å²) in [6, 6.07) is 18.2. The number of benzene rings is 2. The van der Waals surface area contributed by atoms with Crippen LogP contribution in [0.2, 0.25) is 0 Å². The van der Waals surface area contributed by atoms with Gasteiger partial charge in [-0.15, -0.1) is 0 Å². The predicted octanol–water partition coefficient (Wildman–Crippen LogP) is 3.87. The monoisotopic (exact) mass is 292 g/mol. The van der Waals surface area contributed by atoms with Crippen LogP contribution in [0, 0.1) is 0 Å². The molecule has 0 aliphatic carbocycles. The SMILES string of the molecule is CCN(CC(=O)c1c[nH]c2ccccc12)Cc1ccccc1. The van der Waals surface area contributed by atoms with Crippen LogP contribution in [0.5, 0.6) is 0 Å². The van der Waals surface area contributed by atoms with Gasteiger partial charge in [0.2, 0.25) is 0 Å². The number of hydrogen-bond donors (Lipinski definition) is 1. The number of nitrogens with zero attached hydrogens (tertiary/aromatic N) is 1. The van der Waals surface area contributed by atoms with Gasteiger partial charge in [0.15, 0.2) is 5.78 Å². The van der Waals surface area contributed by atoms with Gasteiger partial charge in [-0.2, -0.15) is 0 Å². The molecule has 2 aromatic carbocycles. The van der Waals surface area contributed by atoms with Gasteiger partial charge in [-0.05, 0) is 18.2 Å². The second kappa shape index (κ2) is 6.58. The highest BCUT2D eigenvalue weighted by Gasteiger charge is 2.15. The van der Waals surface area contributed by atoms with Crippen LogP contribution in [0.25, 0.3) is 10.9 Å². The number of likely N-dealkylation sites (N-methyl/N-ethyl adjacent to an activating group) is 1. The molecule has 3 aromatic rings. The molecule has 3 heteroatoms. The molecule has 0 amide bonds. The summed E-state index contributed by atoms with van der Waals surface area (Å²) in [5.74, 6) is 0.162. The average molecular weight is 292 g/mol. The van der Waals surface area contributed by atoms with E-state index in [9.17, 15) is 4.79 Å². The standard InChI is InChI=1S/C19H20N2O/c1-2-21(13-15-8-4-3-5-9-15)14-19(22)17-12-20-18-11-7-6-10-16(17)18/h3-12,20H,2,13-14H2,1H3. The molecule has 0 aliphatic heterocycles. The number of hydrogen-bond acceptors (Lipinski definition) is 2. The van der Waals surface area contributed by atoms with E-state index in [0.717, 1.165) is 29.6 Å². The first-order valence-electron chi connectivity index (χ1n) is 7.63. The minimum Gasteiger partial charge on any atom is -0.360 e. The maximum atomic E-state index is 12.6. The number of aromatic amines is 1. The summed E-state index contributed by atoms with van der Waals surface area (Å²) in [6.07, 6.45) is 1.82. The van der Waals surface area contributed by atoms with E-state index in [1.165, 1.54) is 5.56 Å².